The number of hydrogen-bond donors (Lipinski definition) is 2. The number of benzene rings is 1. The molecule has 17 heavy (non-hydrogen) atoms. The molecule has 3 N–H and O–H groups in total. The predicted octanol–water partition coefficient (Wildman–Crippen LogP) is 1.52. The normalized spacial score (nSPS) is 18.9. The summed E-state index contributed by atoms with van der Waals surface area (Å²) in [6.07, 6.45) is 1.98. The van der Waals surface area contributed by atoms with Gasteiger partial charge in [-0.25, -0.2) is 0 Å². The van der Waals surface area contributed by atoms with Crippen LogP contribution in [-0.2, 0) is 4.74 Å². The van der Waals surface area contributed by atoms with Gasteiger partial charge >= 0.3 is 0 Å². The van der Waals surface area contributed by atoms with Gasteiger partial charge in [0.05, 0.1) is 0 Å². The lowest BCUT2D eigenvalue weighted by Crippen LogP contribution is -2.38. The average Bonchev–Trinajstić information content (AvgIpc) is 2.38. The van der Waals surface area contributed by atoms with Gasteiger partial charge in [-0.1, -0.05) is 12.1 Å². The maximum absolute atomic E-state index is 9.55. The molecule has 1 fully saturated rings. The van der Waals surface area contributed by atoms with Crippen molar-refractivity contribution in [3.05, 3.63) is 24.3 Å². The molecule has 1 unspecified atom stereocenters. The highest BCUT2D eigenvalue weighted by molar-refractivity contribution is 5.37. The first-order chi connectivity index (χ1) is 8.27. The molecule has 1 atom stereocenters. The zero-order valence-electron chi connectivity index (χ0n) is 9.84. The zero-order chi connectivity index (χ0) is 12.1. The van der Waals surface area contributed by atoms with Crippen molar-refractivity contribution in [3.8, 4) is 11.5 Å². The minimum atomic E-state index is -0.00138. The Morgan fingerprint density at radius 3 is 2.76 bits per heavy atom. The van der Waals surface area contributed by atoms with Gasteiger partial charge < -0.3 is 20.3 Å². The number of rotatable bonds is 4. The topological polar surface area (TPSA) is 64.7 Å². The number of aromatic hydroxyl groups is 1. The molecule has 0 aromatic heterocycles. The molecule has 1 aromatic rings. The molecule has 1 saturated heterocycles. The van der Waals surface area contributed by atoms with Crippen LogP contribution in [0.3, 0.4) is 0 Å². The van der Waals surface area contributed by atoms with Gasteiger partial charge in [0.25, 0.3) is 0 Å². The maximum atomic E-state index is 9.55. The van der Waals surface area contributed by atoms with Gasteiger partial charge in [0.2, 0.25) is 0 Å². The SMILES string of the molecule is NC(COc1ccccc1O)C1CCOCC1. The van der Waals surface area contributed by atoms with E-state index in [0.717, 1.165) is 26.1 Å². The third kappa shape index (κ3) is 3.35. The van der Waals surface area contributed by atoms with E-state index in [-0.39, 0.29) is 11.8 Å². The highest BCUT2D eigenvalue weighted by Gasteiger charge is 2.21. The summed E-state index contributed by atoms with van der Waals surface area (Å²) in [7, 11) is 0. The summed E-state index contributed by atoms with van der Waals surface area (Å²) in [5.74, 6) is 1.11. The molecule has 0 aliphatic carbocycles. The van der Waals surface area contributed by atoms with E-state index in [9.17, 15) is 5.11 Å². The molecule has 0 radical (unpaired) electrons. The van der Waals surface area contributed by atoms with Gasteiger partial charge in [-0.2, -0.15) is 0 Å². The zero-order valence-corrected chi connectivity index (χ0v) is 9.84. The van der Waals surface area contributed by atoms with Crippen molar-refractivity contribution in [1.82, 2.24) is 0 Å². The Labute approximate surface area is 101 Å². The second kappa shape index (κ2) is 5.89. The minimum Gasteiger partial charge on any atom is -0.504 e. The van der Waals surface area contributed by atoms with Crippen LogP contribution in [0, 0.1) is 5.92 Å². The van der Waals surface area contributed by atoms with E-state index < -0.39 is 0 Å². The van der Waals surface area contributed by atoms with E-state index >= 15 is 0 Å². The molecule has 94 valence electrons. The Kier molecular flexibility index (Phi) is 4.23. The van der Waals surface area contributed by atoms with E-state index in [1.54, 1.807) is 18.2 Å². The first-order valence-corrected chi connectivity index (χ1v) is 6.01. The van der Waals surface area contributed by atoms with Crippen molar-refractivity contribution >= 4 is 0 Å². The lowest BCUT2D eigenvalue weighted by molar-refractivity contribution is 0.0520. The third-order valence-corrected chi connectivity index (χ3v) is 3.17. The quantitative estimate of drug-likeness (QED) is 0.833. The molecule has 1 aliphatic heterocycles. The van der Waals surface area contributed by atoms with Crippen LogP contribution in [0.5, 0.6) is 11.5 Å². The summed E-state index contributed by atoms with van der Waals surface area (Å²) in [6.45, 7) is 2.01. The summed E-state index contributed by atoms with van der Waals surface area (Å²) >= 11 is 0. The van der Waals surface area contributed by atoms with Crippen LogP contribution in [0.15, 0.2) is 24.3 Å². The van der Waals surface area contributed by atoms with Crippen LogP contribution < -0.4 is 10.5 Å². The van der Waals surface area contributed by atoms with Crippen LogP contribution in [0.1, 0.15) is 12.8 Å². The summed E-state index contributed by atoms with van der Waals surface area (Å²) in [5.41, 5.74) is 6.08. The summed E-state index contributed by atoms with van der Waals surface area (Å²) < 4.78 is 10.8. The molecule has 1 aromatic carbocycles. The summed E-state index contributed by atoms with van der Waals surface area (Å²) in [4.78, 5) is 0. The molecular formula is C13H19NO3. The van der Waals surface area contributed by atoms with Gasteiger partial charge in [0.1, 0.15) is 6.61 Å². The Morgan fingerprint density at radius 1 is 1.35 bits per heavy atom. The molecule has 2 rings (SSSR count). The van der Waals surface area contributed by atoms with Crippen LogP contribution in [-0.4, -0.2) is 31.0 Å². The summed E-state index contributed by atoms with van der Waals surface area (Å²) in [6, 6.07) is 6.94. The average molecular weight is 237 g/mol. The number of para-hydroxylation sites is 2. The first kappa shape index (κ1) is 12.2. The number of nitrogens with two attached hydrogens (primary N) is 1. The molecule has 1 heterocycles. The lowest BCUT2D eigenvalue weighted by Gasteiger charge is -2.27. The number of phenolic OH excluding ortho intramolecular Hbond substituents is 1. The predicted molar refractivity (Wildman–Crippen MR) is 65.1 cm³/mol. The Hall–Kier alpha value is -1.26. The van der Waals surface area contributed by atoms with Crippen molar-refractivity contribution in [3.63, 3.8) is 0 Å². The van der Waals surface area contributed by atoms with E-state index in [4.69, 9.17) is 15.2 Å². The molecule has 4 heteroatoms. The summed E-state index contributed by atoms with van der Waals surface area (Å²) in [5, 5.41) is 9.55. The van der Waals surface area contributed by atoms with Crippen molar-refractivity contribution in [2.45, 2.75) is 18.9 Å². The Bertz CT molecular complexity index is 350. The number of ether oxygens (including phenoxy) is 2. The largest absolute Gasteiger partial charge is 0.504 e. The molecule has 0 bridgehead atoms. The monoisotopic (exact) mass is 237 g/mol. The second-order valence-electron chi connectivity index (χ2n) is 4.39. The molecule has 0 saturated carbocycles. The molecular weight excluding hydrogens is 218 g/mol. The molecule has 0 spiro atoms. The van der Waals surface area contributed by atoms with Gasteiger partial charge in [-0.05, 0) is 30.9 Å². The standard InChI is InChI=1S/C13H19NO3/c14-11(10-5-7-16-8-6-10)9-17-13-4-2-1-3-12(13)15/h1-4,10-11,15H,5-9,14H2. The Balaban J connectivity index is 1.83. The van der Waals surface area contributed by atoms with Crippen LogP contribution in [0.2, 0.25) is 0 Å². The van der Waals surface area contributed by atoms with E-state index in [2.05, 4.69) is 0 Å². The fraction of sp³-hybridized carbons (Fsp3) is 0.538. The van der Waals surface area contributed by atoms with Crippen molar-refractivity contribution in [2.75, 3.05) is 19.8 Å². The van der Waals surface area contributed by atoms with Crippen LogP contribution in [0.4, 0.5) is 0 Å². The van der Waals surface area contributed by atoms with Gasteiger partial charge in [-0.3, -0.25) is 0 Å². The van der Waals surface area contributed by atoms with Crippen molar-refractivity contribution in [1.29, 1.82) is 0 Å². The molecule has 0 amide bonds. The van der Waals surface area contributed by atoms with Crippen LogP contribution in [0.25, 0.3) is 0 Å². The number of phenols is 1. The second-order valence-corrected chi connectivity index (χ2v) is 4.39. The van der Waals surface area contributed by atoms with Crippen molar-refractivity contribution in [2.24, 2.45) is 11.7 Å². The highest BCUT2D eigenvalue weighted by atomic mass is 16.5. The minimum absolute atomic E-state index is 0.00138. The van der Waals surface area contributed by atoms with Crippen molar-refractivity contribution < 1.29 is 14.6 Å². The fourth-order valence-electron chi connectivity index (χ4n) is 2.05. The third-order valence-electron chi connectivity index (χ3n) is 3.17. The fourth-order valence-corrected chi connectivity index (χ4v) is 2.05. The molecule has 4 nitrogen and oxygen atoms in total. The van der Waals surface area contributed by atoms with Crippen LogP contribution >= 0.6 is 0 Å². The Morgan fingerprint density at radius 2 is 2.06 bits per heavy atom. The first-order valence-electron chi connectivity index (χ1n) is 6.01. The molecule has 1 aliphatic rings. The van der Waals surface area contributed by atoms with Gasteiger partial charge in [0.15, 0.2) is 11.5 Å². The van der Waals surface area contributed by atoms with E-state index in [1.807, 2.05) is 6.07 Å². The van der Waals surface area contributed by atoms with Gasteiger partial charge in [0, 0.05) is 19.3 Å². The van der Waals surface area contributed by atoms with E-state index in [0.29, 0.717) is 18.3 Å². The maximum Gasteiger partial charge on any atom is 0.160 e. The van der Waals surface area contributed by atoms with Gasteiger partial charge in [-0.15, -0.1) is 0 Å². The lowest BCUT2D eigenvalue weighted by atomic mass is 9.93. The highest BCUT2D eigenvalue weighted by Crippen LogP contribution is 2.25. The van der Waals surface area contributed by atoms with E-state index in [1.165, 1.54) is 0 Å². The smallest absolute Gasteiger partial charge is 0.160 e. The number of hydrogen-bond acceptors (Lipinski definition) is 4.